The Bertz CT molecular complexity index is 557. The van der Waals surface area contributed by atoms with Gasteiger partial charge >= 0.3 is 0 Å². The van der Waals surface area contributed by atoms with E-state index in [1.165, 1.54) is 5.56 Å². The smallest absolute Gasteiger partial charge is 0.108 e. The van der Waals surface area contributed by atoms with Crippen LogP contribution in [0.1, 0.15) is 22.8 Å². The van der Waals surface area contributed by atoms with Crippen LogP contribution in [0.2, 0.25) is 0 Å². The van der Waals surface area contributed by atoms with Crippen molar-refractivity contribution < 1.29 is 14.9 Å². The quantitative estimate of drug-likeness (QED) is 0.620. The molecule has 0 aliphatic rings. The number of rotatable bonds is 9. The highest BCUT2D eigenvalue weighted by atomic mass is 16.5. The highest BCUT2D eigenvalue weighted by molar-refractivity contribution is 5.31. The minimum atomic E-state index is -0.613. The van der Waals surface area contributed by atoms with Crippen LogP contribution in [0.15, 0.2) is 54.6 Å². The third-order valence-corrected chi connectivity index (χ3v) is 3.61. The maximum atomic E-state index is 9.99. The van der Waals surface area contributed by atoms with Gasteiger partial charge in [0.25, 0.3) is 0 Å². The molecular weight excluding hydrogens is 290 g/mol. The third kappa shape index (κ3) is 5.77. The van der Waals surface area contributed by atoms with E-state index in [9.17, 15) is 5.11 Å². The van der Waals surface area contributed by atoms with Crippen LogP contribution in [0.4, 0.5) is 0 Å². The van der Waals surface area contributed by atoms with Crippen molar-refractivity contribution in [2.75, 3.05) is 26.3 Å². The number of ether oxygens (including phenoxy) is 1. The minimum Gasteiger partial charge on any atom is -0.395 e. The molecule has 0 fully saturated rings. The molecule has 0 radical (unpaired) electrons. The molecule has 0 heterocycles. The van der Waals surface area contributed by atoms with E-state index in [1.807, 2.05) is 30.3 Å². The number of nitrogens with one attached hydrogen (secondary N) is 1. The number of hydrogen-bond donors (Lipinski definition) is 3. The van der Waals surface area contributed by atoms with E-state index >= 15 is 0 Å². The molecule has 124 valence electrons. The summed E-state index contributed by atoms with van der Waals surface area (Å²) in [6.45, 7) is 3.21. The molecular formula is C19H25NO3. The van der Waals surface area contributed by atoms with Gasteiger partial charge in [0.15, 0.2) is 0 Å². The molecule has 0 bridgehead atoms. The second-order valence-corrected chi connectivity index (χ2v) is 5.62. The van der Waals surface area contributed by atoms with Crippen LogP contribution >= 0.6 is 0 Å². The van der Waals surface area contributed by atoms with Gasteiger partial charge in [-0.25, -0.2) is 0 Å². The number of aryl methyl sites for hydroxylation is 1. The summed E-state index contributed by atoms with van der Waals surface area (Å²) in [5.74, 6) is 0. The van der Waals surface area contributed by atoms with Gasteiger partial charge in [0.1, 0.15) is 6.10 Å². The normalized spacial score (nSPS) is 13.7. The van der Waals surface area contributed by atoms with Crippen molar-refractivity contribution >= 4 is 0 Å². The van der Waals surface area contributed by atoms with Crippen LogP contribution < -0.4 is 5.32 Å². The number of hydrogen-bond acceptors (Lipinski definition) is 4. The van der Waals surface area contributed by atoms with E-state index in [0.717, 1.165) is 11.1 Å². The summed E-state index contributed by atoms with van der Waals surface area (Å²) in [4.78, 5) is 0. The van der Waals surface area contributed by atoms with Crippen molar-refractivity contribution in [3.63, 3.8) is 0 Å². The summed E-state index contributed by atoms with van der Waals surface area (Å²) in [5.41, 5.74) is 3.33. The van der Waals surface area contributed by atoms with E-state index < -0.39 is 6.10 Å². The lowest BCUT2D eigenvalue weighted by Crippen LogP contribution is -2.32. The largest absolute Gasteiger partial charge is 0.395 e. The third-order valence-electron chi connectivity index (χ3n) is 3.61. The van der Waals surface area contributed by atoms with Gasteiger partial charge in [-0.15, -0.1) is 0 Å². The van der Waals surface area contributed by atoms with Crippen LogP contribution in [0.25, 0.3) is 0 Å². The molecule has 0 aromatic heterocycles. The van der Waals surface area contributed by atoms with Crippen molar-refractivity contribution in [3.05, 3.63) is 71.3 Å². The molecule has 0 amide bonds. The summed E-state index contributed by atoms with van der Waals surface area (Å²) in [6.07, 6.45) is -0.817. The lowest BCUT2D eigenvalue weighted by Gasteiger charge is -2.21. The van der Waals surface area contributed by atoms with Gasteiger partial charge in [0, 0.05) is 13.1 Å². The van der Waals surface area contributed by atoms with E-state index in [4.69, 9.17) is 9.84 Å². The molecule has 2 atom stereocenters. The zero-order valence-corrected chi connectivity index (χ0v) is 13.5. The molecule has 2 rings (SSSR count). The van der Waals surface area contributed by atoms with E-state index in [1.54, 1.807) is 0 Å². The first-order valence-corrected chi connectivity index (χ1v) is 7.93. The molecule has 2 aromatic carbocycles. The predicted octanol–water partition coefficient (Wildman–Crippen LogP) is 2.04. The fourth-order valence-corrected chi connectivity index (χ4v) is 2.37. The number of aliphatic hydroxyl groups excluding tert-OH is 2. The molecule has 0 saturated carbocycles. The molecule has 23 heavy (non-hydrogen) atoms. The summed E-state index contributed by atoms with van der Waals surface area (Å²) in [6, 6.07) is 18.2. The molecule has 0 unspecified atom stereocenters. The van der Waals surface area contributed by atoms with Crippen LogP contribution in [-0.4, -0.2) is 42.6 Å². The maximum Gasteiger partial charge on any atom is 0.108 e. The van der Waals surface area contributed by atoms with Crippen molar-refractivity contribution in [1.29, 1.82) is 0 Å². The predicted molar refractivity (Wildman–Crippen MR) is 91.4 cm³/mol. The topological polar surface area (TPSA) is 61.7 Å². The Kier molecular flexibility index (Phi) is 7.23. The fraction of sp³-hybridized carbons (Fsp3) is 0.368. The van der Waals surface area contributed by atoms with Gasteiger partial charge in [0.2, 0.25) is 0 Å². The first kappa shape index (κ1) is 17.6. The first-order chi connectivity index (χ1) is 11.2. The summed E-state index contributed by atoms with van der Waals surface area (Å²) in [5, 5.41) is 21.7. The molecule has 0 spiro atoms. The van der Waals surface area contributed by atoms with Crippen LogP contribution in [-0.2, 0) is 4.74 Å². The number of benzene rings is 2. The highest BCUT2D eigenvalue weighted by Gasteiger charge is 2.16. The van der Waals surface area contributed by atoms with E-state index in [2.05, 4.69) is 36.5 Å². The molecule has 4 nitrogen and oxygen atoms in total. The Morgan fingerprint density at radius 2 is 1.65 bits per heavy atom. The molecule has 0 aliphatic heterocycles. The average Bonchev–Trinajstić information content (AvgIpc) is 2.58. The van der Waals surface area contributed by atoms with Crippen LogP contribution in [0.3, 0.4) is 0 Å². The monoisotopic (exact) mass is 315 g/mol. The Hall–Kier alpha value is -1.72. The van der Waals surface area contributed by atoms with E-state index in [0.29, 0.717) is 13.1 Å². The van der Waals surface area contributed by atoms with Crippen LogP contribution in [0.5, 0.6) is 0 Å². The van der Waals surface area contributed by atoms with Crippen molar-refractivity contribution in [2.45, 2.75) is 19.1 Å². The summed E-state index contributed by atoms with van der Waals surface area (Å²) < 4.78 is 5.99. The van der Waals surface area contributed by atoms with Gasteiger partial charge in [-0.05, 0) is 18.1 Å². The van der Waals surface area contributed by atoms with Gasteiger partial charge < -0.3 is 20.3 Å². The maximum absolute atomic E-state index is 9.99. The van der Waals surface area contributed by atoms with Gasteiger partial charge in [-0.1, -0.05) is 60.2 Å². The number of aliphatic hydroxyl groups is 2. The summed E-state index contributed by atoms with van der Waals surface area (Å²) in [7, 11) is 0. The van der Waals surface area contributed by atoms with Gasteiger partial charge in [-0.2, -0.15) is 0 Å². The second kappa shape index (κ2) is 9.43. The lowest BCUT2D eigenvalue weighted by atomic mass is 10.0. The van der Waals surface area contributed by atoms with Crippen molar-refractivity contribution in [3.8, 4) is 0 Å². The molecule has 2 aromatic rings. The Morgan fingerprint density at radius 1 is 1.00 bits per heavy atom. The fourth-order valence-electron chi connectivity index (χ4n) is 2.37. The minimum absolute atomic E-state index is 0.0591. The summed E-state index contributed by atoms with van der Waals surface area (Å²) >= 11 is 0. The Labute approximate surface area is 137 Å². The molecule has 0 aliphatic carbocycles. The standard InChI is InChI=1S/C19H25NO3/c1-15-7-9-17(10-8-15)19(16-5-3-2-4-6-16)23-14-18(22)13-20-11-12-21/h2-10,18-22H,11-14H2,1H3/t18-,19-/m0/s1. The van der Waals surface area contributed by atoms with Gasteiger partial charge in [-0.3, -0.25) is 0 Å². The zero-order chi connectivity index (χ0) is 16.5. The molecule has 4 heteroatoms. The SMILES string of the molecule is Cc1ccc([C@@H](OC[C@@H](O)CNCCO)c2ccccc2)cc1. The lowest BCUT2D eigenvalue weighted by molar-refractivity contribution is 0.00636. The van der Waals surface area contributed by atoms with E-state index in [-0.39, 0.29) is 19.3 Å². The van der Waals surface area contributed by atoms with Crippen molar-refractivity contribution in [1.82, 2.24) is 5.32 Å². The first-order valence-electron chi connectivity index (χ1n) is 7.93. The molecule has 3 N–H and O–H groups in total. The highest BCUT2D eigenvalue weighted by Crippen LogP contribution is 2.26. The van der Waals surface area contributed by atoms with Gasteiger partial charge in [0.05, 0.1) is 19.3 Å². The van der Waals surface area contributed by atoms with Crippen molar-refractivity contribution in [2.24, 2.45) is 0 Å². The Morgan fingerprint density at radius 3 is 2.30 bits per heavy atom. The average molecular weight is 315 g/mol. The Balaban J connectivity index is 2.04. The second-order valence-electron chi connectivity index (χ2n) is 5.62. The zero-order valence-electron chi connectivity index (χ0n) is 13.5. The molecule has 0 saturated heterocycles. The van der Waals surface area contributed by atoms with Crippen LogP contribution in [0, 0.1) is 6.92 Å².